The summed E-state index contributed by atoms with van der Waals surface area (Å²) in [7, 11) is 1.63. The maximum atomic E-state index is 13.3. The third kappa shape index (κ3) is 39.4. The lowest BCUT2D eigenvalue weighted by Gasteiger charge is -2.19. The highest BCUT2D eigenvalue weighted by atomic mass is 16.6. The third-order valence-electron chi connectivity index (χ3n) is 13.2. The molecule has 0 saturated heterocycles. The molecule has 516 valence electrons. The van der Waals surface area contributed by atoms with Crippen molar-refractivity contribution in [1.82, 2.24) is 26.2 Å². The molecule has 10 N–H and O–H groups in total. The van der Waals surface area contributed by atoms with E-state index in [9.17, 15) is 48.3 Å². The first-order valence-electron chi connectivity index (χ1n) is 30.9. The summed E-state index contributed by atoms with van der Waals surface area (Å²) in [5.74, 6) is -5.43. The lowest BCUT2D eigenvalue weighted by molar-refractivity contribution is -0.141. The summed E-state index contributed by atoms with van der Waals surface area (Å²) in [4.78, 5) is 113. The summed E-state index contributed by atoms with van der Waals surface area (Å²) in [6, 6.07) is 9.83. The van der Waals surface area contributed by atoms with Gasteiger partial charge in [-0.25, -0.2) is 0 Å². The molecule has 2 aromatic carbocycles. The number of carbonyl (C=O) groups is 9. The molecule has 0 aromatic heterocycles. The molecule has 0 radical (unpaired) electrons. The molecular formula is C62H96N8O22. The van der Waals surface area contributed by atoms with Gasteiger partial charge in [-0.1, -0.05) is 25.1 Å². The molecule has 30 nitrogen and oxygen atoms in total. The Morgan fingerprint density at radius 2 is 1.05 bits per heavy atom. The maximum Gasteiger partial charge on any atom is 0.306 e. The molecule has 0 fully saturated rings. The van der Waals surface area contributed by atoms with Crippen LogP contribution in [0.2, 0.25) is 0 Å². The Bertz CT molecular complexity index is 2490. The molecule has 8 amide bonds. The molecule has 0 saturated carbocycles. The first-order valence-corrected chi connectivity index (χ1v) is 30.9. The van der Waals surface area contributed by atoms with E-state index in [1.54, 1.807) is 50.4 Å². The molecule has 1 aliphatic rings. The fraction of sp³-hybridized carbons (Fsp3) is 0.629. The van der Waals surface area contributed by atoms with Gasteiger partial charge in [-0.15, -0.1) is 0 Å². The number of ether oxygens (including phenoxy) is 11. The molecule has 1 aliphatic heterocycles. The van der Waals surface area contributed by atoms with Gasteiger partial charge in [0, 0.05) is 63.5 Å². The molecule has 0 unspecified atom stereocenters. The van der Waals surface area contributed by atoms with Crippen molar-refractivity contribution in [2.45, 2.75) is 83.4 Å². The van der Waals surface area contributed by atoms with Gasteiger partial charge in [-0.2, -0.15) is 0 Å². The molecule has 3 rings (SSSR count). The van der Waals surface area contributed by atoms with E-state index < -0.39 is 65.3 Å². The lowest BCUT2D eigenvalue weighted by atomic mass is 9.96. The maximum absolute atomic E-state index is 13.3. The van der Waals surface area contributed by atoms with Gasteiger partial charge in [0.05, 0.1) is 144 Å². The number of nitrogens with two attached hydrogens (primary N) is 1. The van der Waals surface area contributed by atoms with E-state index in [0.717, 1.165) is 17.1 Å². The molecule has 0 bridgehead atoms. The normalized spacial score (nSPS) is 13.0. The molecular weight excluding hydrogens is 1210 g/mol. The fourth-order valence-corrected chi connectivity index (χ4v) is 8.34. The number of methoxy groups -OCH3 is 1. The standard InChI is InChI=1S/C62H96N8O22/c1-46(62(80)81)39-49(63)40-48-12-15-53(71)52(41-48)69-58(76)45-92-43-47-10-13-50(14-11-47)67-56(74)42-66-54(72)8-5-19-65-61(79)51(68-55(73)9-6-20-70-59(77)16-17-60(70)78)7-3-4-18-64-57(75)44-91-38-37-90-36-35-89-34-33-88-32-31-87-30-29-86-28-27-85-26-25-84-24-23-83-22-21-82-2/h10-17,41,46,49,51,71H,3-9,18-40,42-45,63H2,1-2H3,(H,64,75)(H,65,79)(H,66,72)(H,67,74)(H,68,73)(H,69,76)(H,80,81)/t46-,49+,51-/m0/s1. The molecule has 0 spiro atoms. The van der Waals surface area contributed by atoms with Gasteiger partial charge in [0.25, 0.3) is 11.8 Å². The van der Waals surface area contributed by atoms with Crippen LogP contribution in [0.1, 0.15) is 69.4 Å². The zero-order chi connectivity index (χ0) is 66.8. The predicted molar refractivity (Wildman–Crippen MR) is 333 cm³/mol. The summed E-state index contributed by atoms with van der Waals surface area (Å²) in [6.45, 7) is 8.89. The summed E-state index contributed by atoms with van der Waals surface area (Å²) in [5, 5.41) is 35.5. The second kappa shape index (κ2) is 50.5. The first-order chi connectivity index (χ1) is 44.5. The number of unbranched alkanes of at least 4 members (excludes halogenated alkanes) is 1. The van der Waals surface area contributed by atoms with Crippen LogP contribution in [0.4, 0.5) is 11.4 Å². The van der Waals surface area contributed by atoms with E-state index >= 15 is 0 Å². The van der Waals surface area contributed by atoms with E-state index in [-0.39, 0.29) is 115 Å². The Balaban J connectivity index is 1.22. The smallest absolute Gasteiger partial charge is 0.306 e. The van der Waals surface area contributed by atoms with Gasteiger partial charge in [0.1, 0.15) is 25.0 Å². The van der Waals surface area contributed by atoms with Crippen LogP contribution >= 0.6 is 0 Å². The van der Waals surface area contributed by atoms with Gasteiger partial charge in [0.15, 0.2) is 0 Å². The van der Waals surface area contributed by atoms with Crippen LogP contribution in [0.3, 0.4) is 0 Å². The van der Waals surface area contributed by atoms with Gasteiger partial charge in [0.2, 0.25) is 35.4 Å². The number of phenolic OH excluding ortho intramolecular Hbond substituents is 1. The van der Waals surface area contributed by atoms with Gasteiger partial charge < -0.3 is 100.0 Å². The van der Waals surface area contributed by atoms with Gasteiger partial charge in [-0.3, -0.25) is 48.1 Å². The van der Waals surface area contributed by atoms with Crippen LogP contribution in [-0.2, 0) is 108 Å². The van der Waals surface area contributed by atoms with E-state index in [1.165, 1.54) is 6.07 Å². The summed E-state index contributed by atoms with van der Waals surface area (Å²) < 4.78 is 59.5. The number of carbonyl (C=O) groups excluding carboxylic acids is 8. The second-order valence-electron chi connectivity index (χ2n) is 20.9. The topological polar surface area (TPSA) is 397 Å². The average Bonchev–Trinajstić information content (AvgIpc) is 3.25. The summed E-state index contributed by atoms with van der Waals surface area (Å²) in [6.07, 6.45) is 4.32. The quantitative estimate of drug-likeness (QED) is 0.0251. The number of carboxylic acids is 1. The number of nitrogens with zero attached hydrogens (tertiary/aromatic N) is 1. The molecule has 30 heteroatoms. The Morgan fingerprint density at radius 3 is 1.61 bits per heavy atom. The average molecular weight is 1310 g/mol. The van der Waals surface area contributed by atoms with E-state index in [1.807, 2.05) is 0 Å². The predicted octanol–water partition coefficient (Wildman–Crippen LogP) is 0.751. The Kier molecular flexibility index (Phi) is 43.4. The number of imide groups is 1. The van der Waals surface area contributed by atoms with Crippen molar-refractivity contribution >= 4 is 64.6 Å². The number of aromatic hydroxyl groups is 1. The van der Waals surface area contributed by atoms with Crippen molar-refractivity contribution in [3.63, 3.8) is 0 Å². The Morgan fingerprint density at radius 1 is 0.543 bits per heavy atom. The number of amides is 8. The van der Waals surface area contributed by atoms with Gasteiger partial charge >= 0.3 is 5.97 Å². The molecule has 2 aromatic rings. The molecule has 0 aliphatic carbocycles. The van der Waals surface area contributed by atoms with Crippen LogP contribution < -0.4 is 37.6 Å². The minimum Gasteiger partial charge on any atom is -0.506 e. The van der Waals surface area contributed by atoms with Crippen LogP contribution in [0.25, 0.3) is 0 Å². The lowest BCUT2D eigenvalue weighted by Crippen LogP contribution is -2.47. The molecule has 92 heavy (non-hydrogen) atoms. The van der Waals surface area contributed by atoms with E-state index in [2.05, 4.69) is 31.9 Å². The Hall–Kier alpha value is -7.07. The van der Waals surface area contributed by atoms with Crippen molar-refractivity contribution in [3.8, 4) is 5.75 Å². The number of hydrogen-bond acceptors (Lipinski definition) is 22. The number of aliphatic carboxylic acids is 1. The molecule has 1 heterocycles. The summed E-state index contributed by atoms with van der Waals surface area (Å²) >= 11 is 0. The highest BCUT2D eigenvalue weighted by Crippen LogP contribution is 2.25. The number of nitrogens with one attached hydrogen (secondary N) is 6. The van der Waals surface area contributed by atoms with Crippen LogP contribution in [0, 0.1) is 5.92 Å². The SMILES string of the molecule is COCCOCCOCCOCCOCCOCCOCCOCCOCCOCC(=O)NCCCC[C@H](NC(=O)CCCN1C(=O)C=CC1=O)C(=O)NCCCC(=O)NCC(=O)Nc1ccc(COCC(=O)Nc2cc(C[C@H](N)C[C@H](C)C(=O)O)ccc2O)cc1. The second-order valence-corrected chi connectivity index (χ2v) is 20.9. The fourth-order valence-electron chi connectivity index (χ4n) is 8.34. The zero-order valence-electron chi connectivity index (χ0n) is 53.1. The number of hydrogen-bond donors (Lipinski definition) is 9. The van der Waals surface area contributed by atoms with Crippen molar-refractivity contribution in [2.75, 3.05) is 176 Å². The monoisotopic (exact) mass is 1300 g/mol. The minimum atomic E-state index is -0.962. The number of benzene rings is 2. The highest BCUT2D eigenvalue weighted by molar-refractivity contribution is 6.12. The van der Waals surface area contributed by atoms with Crippen LogP contribution in [0.15, 0.2) is 54.6 Å². The van der Waals surface area contributed by atoms with Gasteiger partial charge in [-0.05, 0) is 80.3 Å². The van der Waals surface area contributed by atoms with E-state index in [0.29, 0.717) is 142 Å². The Labute approximate surface area is 537 Å². The van der Waals surface area contributed by atoms with Crippen molar-refractivity contribution in [2.24, 2.45) is 11.7 Å². The number of carboxylic acid groups (broad SMARTS) is 1. The highest BCUT2D eigenvalue weighted by Gasteiger charge is 2.25. The summed E-state index contributed by atoms with van der Waals surface area (Å²) in [5.41, 5.74) is 8.10. The van der Waals surface area contributed by atoms with Crippen molar-refractivity contribution < 1.29 is 105 Å². The van der Waals surface area contributed by atoms with Crippen molar-refractivity contribution in [1.29, 1.82) is 0 Å². The zero-order valence-corrected chi connectivity index (χ0v) is 53.1. The first kappa shape index (κ1) is 79.2. The number of phenols is 1. The minimum absolute atomic E-state index is 0.0261. The number of rotatable bonds is 57. The van der Waals surface area contributed by atoms with E-state index in [4.69, 9.17) is 62.9 Å². The van der Waals surface area contributed by atoms with Crippen molar-refractivity contribution in [3.05, 3.63) is 65.7 Å². The number of anilines is 2. The van der Waals surface area contributed by atoms with Crippen LogP contribution in [-0.4, -0.2) is 246 Å². The largest absolute Gasteiger partial charge is 0.506 e. The van der Waals surface area contributed by atoms with Crippen LogP contribution in [0.5, 0.6) is 5.75 Å². The molecule has 3 atom stereocenters. The third-order valence-corrected chi connectivity index (χ3v) is 13.2.